The summed E-state index contributed by atoms with van der Waals surface area (Å²) in [5.41, 5.74) is 1.65. The highest BCUT2D eigenvalue weighted by molar-refractivity contribution is 7.18. The van der Waals surface area contributed by atoms with Gasteiger partial charge in [0.05, 0.1) is 40.6 Å². The molecule has 5 nitrogen and oxygen atoms in total. The number of ether oxygens (including phenoxy) is 2. The smallest absolute Gasteiger partial charge is 0.251 e. The van der Waals surface area contributed by atoms with Gasteiger partial charge in [-0.3, -0.25) is 4.79 Å². The number of thiazole rings is 1. The molecule has 2 aromatic rings. The molecule has 1 aromatic carbocycles. The minimum absolute atomic E-state index is 0.0156. The molecule has 1 aromatic heterocycles. The zero-order valence-electron chi connectivity index (χ0n) is 13.1. The van der Waals surface area contributed by atoms with E-state index in [-0.39, 0.29) is 24.2 Å². The number of rotatable bonds is 2. The lowest BCUT2D eigenvalue weighted by Crippen LogP contribution is -2.49. The van der Waals surface area contributed by atoms with E-state index >= 15 is 0 Å². The number of aromatic nitrogens is 1. The molecule has 23 heavy (non-hydrogen) atoms. The standard InChI is InChI=1S/C17H20N2O3S/c1-10-18-13-4-2-11(8-16(13)23-10)17(20)19-12-3-5-14-15(9-12)22-7-6-21-14/h2,4,8,12,14-15H,3,5-7,9H2,1H3,(H,19,20). The zero-order chi connectivity index (χ0) is 15.8. The molecule has 1 aliphatic heterocycles. The number of carbonyl (C=O) groups is 1. The van der Waals surface area contributed by atoms with Crippen LogP contribution in [0.15, 0.2) is 18.2 Å². The third-order valence-corrected chi connectivity index (χ3v) is 5.50. The Labute approximate surface area is 139 Å². The molecule has 1 saturated heterocycles. The van der Waals surface area contributed by atoms with Crippen molar-refractivity contribution in [3.63, 3.8) is 0 Å². The fraction of sp³-hybridized carbons (Fsp3) is 0.529. The number of fused-ring (bicyclic) bond motifs is 2. The lowest BCUT2D eigenvalue weighted by atomic mass is 9.89. The average Bonchev–Trinajstić information content (AvgIpc) is 2.93. The van der Waals surface area contributed by atoms with Crippen molar-refractivity contribution in [2.24, 2.45) is 0 Å². The quantitative estimate of drug-likeness (QED) is 0.918. The van der Waals surface area contributed by atoms with Gasteiger partial charge in [0.25, 0.3) is 5.91 Å². The summed E-state index contributed by atoms with van der Waals surface area (Å²) in [5, 5.41) is 4.17. The van der Waals surface area contributed by atoms with Gasteiger partial charge >= 0.3 is 0 Å². The van der Waals surface area contributed by atoms with Crippen molar-refractivity contribution < 1.29 is 14.3 Å². The minimum atomic E-state index is -0.0156. The van der Waals surface area contributed by atoms with Gasteiger partial charge in [0.1, 0.15) is 0 Å². The van der Waals surface area contributed by atoms with Crippen LogP contribution in [-0.2, 0) is 9.47 Å². The largest absolute Gasteiger partial charge is 0.373 e. The van der Waals surface area contributed by atoms with Crippen LogP contribution in [0.2, 0.25) is 0 Å². The topological polar surface area (TPSA) is 60.5 Å². The van der Waals surface area contributed by atoms with Crippen LogP contribution in [0.25, 0.3) is 10.2 Å². The number of hydrogen-bond donors (Lipinski definition) is 1. The summed E-state index contributed by atoms with van der Waals surface area (Å²) < 4.78 is 12.6. The molecule has 4 rings (SSSR count). The summed E-state index contributed by atoms with van der Waals surface area (Å²) in [6, 6.07) is 5.86. The van der Waals surface area contributed by atoms with E-state index in [1.54, 1.807) is 11.3 Å². The molecule has 2 fully saturated rings. The number of nitrogens with one attached hydrogen (secondary N) is 1. The van der Waals surface area contributed by atoms with Gasteiger partial charge in [0, 0.05) is 11.6 Å². The van der Waals surface area contributed by atoms with Crippen molar-refractivity contribution in [1.82, 2.24) is 10.3 Å². The Morgan fingerprint density at radius 3 is 2.96 bits per heavy atom. The van der Waals surface area contributed by atoms with Gasteiger partial charge in [-0.1, -0.05) is 0 Å². The van der Waals surface area contributed by atoms with E-state index in [1.165, 1.54) is 0 Å². The highest BCUT2D eigenvalue weighted by Crippen LogP contribution is 2.27. The predicted octanol–water partition coefficient (Wildman–Crippen LogP) is 2.67. The summed E-state index contributed by atoms with van der Waals surface area (Å²) in [7, 11) is 0. The van der Waals surface area contributed by atoms with Gasteiger partial charge in [-0.2, -0.15) is 0 Å². The molecular formula is C17H20N2O3S. The van der Waals surface area contributed by atoms with Gasteiger partial charge in [-0.25, -0.2) is 4.98 Å². The molecule has 2 aliphatic rings. The van der Waals surface area contributed by atoms with E-state index in [9.17, 15) is 4.79 Å². The summed E-state index contributed by atoms with van der Waals surface area (Å²) in [4.78, 5) is 17.0. The monoisotopic (exact) mass is 332 g/mol. The van der Waals surface area contributed by atoms with Crippen molar-refractivity contribution in [3.05, 3.63) is 28.8 Å². The second-order valence-electron chi connectivity index (χ2n) is 6.22. The zero-order valence-corrected chi connectivity index (χ0v) is 13.9. The first-order valence-electron chi connectivity index (χ1n) is 8.10. The molecule has 3 unspecified atom stereocenters. The first-order chi connectivity index (χ1) is 11.2. The number of hydrogen-bond acceptors (Lipinski definition) is 5. The Morgan fingerprint density at radius 1 is 1.26 bits per heavy atom. The average molecular weight is 332 g/mol. The normalized spacial score (nSPS) is 27.6. The maximum atomic E-state index is 12.5. The van der Waals surface area contributed by atoms with Crippen molar-refractivity contribution in [3.8, 4) is 0 Å². The first kappa shape index (κ1) is 15.1. The summed E-state index contributed by atoms with van der Waals surface area (Å²) in [6.45, 7) is 3.32. The van der Waals surface area contributed by atoms with Crippen LogP contribution in [0.5, 0.6) is 0 Å². The Kier molecular flexibility index (Phi) is 4.05. The van der Waals surface area contributed by atoms with Gasteiger partial charge in [-0.15, -0.1) is 11.3 Å². The van der Waals surface area contributed by atoms with Crippen molar-refractivity contribution in [1.29, 1.82) is 0 Å². The Balaban J connectivity index is 1.44. The lowest BCUT2D eigenvalue weighted by molar-refractivity contribution is -0.157. The van der Waals surface area contributed by atoms with E-state index in [0.29, 0.717) is 18.8 Å². The SMILES string of the molecule is Cc1nc2ccc(C(=O)NC3CCC4OCCOC4C3)cc2s1. The Hall–Kier alpha value is -1.50. The van der Waals surface area contributed by atoms with E-state index in [4.69, 9.17) is 9.47 Å². The number of nitrogens with zero attached hydrogens (tertiary/aromatic N) is 1. The molecule has 6 heteroatoms. The van der Waals surface area contributed by atoms with Crippen LogP contribution in [0.3, 0.4) is 0 Å². The Morgan fingerprint density at radius 2 is 2.09 bits per heavy atom. The van der Waals surface area contributed by atoms with Crippen LogP contribution in [0.4, 0.5) is 0 Å². The maximum absolute atomic E-state index is 12.5. The number of carbonyl (C=O) groups excluding carboxylic acids is 1. The maximum Gasteiger partial charge on any atom is 0.251 e. The molecule has 0 spiro atoms. The van der Waals surface area contributed by atoms with Crippen molar-refractivity contribution >= 4 is 27.5 Å². The molecule has 122 valence electrons. The molecule has 3 atom stereocenters. The Bertz CT molecular complexity index is 730. The highest BCUT2D eigenvalue weighted by atomic mass is 32.1. The van der Waals surface area contributed by atoms with Gasteiger partial charge in [0.15, 0.2) is 0 Å². The third-order valence-electron chi connectivity index (χ3n) is 4.57. The fourth-order valence-electron chi connectivity index (χ4n) is 3.45. The summed E-state index contributed by atoms with van der Waals surface area (Å²) >= 11 is 1.62. The van der Waals surface area contributed by atoms with Crippen LogP contribution in [0, 0.1) is 6.92 Å². The predicted molar refractivity (Wildman–Crippen MR) is 88.9 cm³/mol. The summed E-state index contributed by atoms with van der Waals surface area (Å²) in [6.07, 6.45) is 3.04. The number of amides is 1. The second kappa shape index (κ2) is 6.19. The van der Waals surface area contributed by atoms with Crippen LogP contribution >= 0.6 is 11.3 Å². The highest BCUT2D eigenvalue weighted by Gasteiger charge is 2.34. The molecule has 1 aliphatic carbocycles. The van der Waals surface area contributed by atoms with E-state index in [2.05, 4.69) is 10.3 Å². The molecule has 0 bridgehead atoms. The van der Waals surface area contributed by atoms with E-state index in [1.807, 2.05) is 25.1 Å². The number of benzene rings is 1. The molecule has 1 saturated carbocycles. The van der Waals surface area contributed by atoms with Gasteiger partial charge in [-0.05, 0) is 44.4 Å². The fourth-order valence-corrected chi connectivity index (χ4v) is 4.31. The van der Waals surface area contributed by atoms with Crippen LogP contribution < -0.4 is 5.32 Å². The first-order valence-corrected chi connectivity index (χ1v) is 8.92. The second-order valence-corrected chi connectivity index (χ2v) is 7.45. The van der Waals surface area contributed by atoms with Crippen molar-refractivity contribution in [2.75, 3.05) is 13.2 Å². The minimum Gasteiger partial charge on any atom is -0.373 e. The van der Waals surface area contributed by atoms with Gasteiger partial charge in [0.2, 0.25) is 0 Å². The van der Waals surface area contributed by atoms with Gasteiger partial charge < -0.3 is 14.8 Å². The van der Waals surface area contributed by atoms with E-state index < -0.39 is 0 Å². The summed E-state index contributed by atoms with van der Waals surface area (Å²) in [5.74, 6) is -0.0156. The van der Waals surface area contributed by atoms with Crippen molar-refractivity contribution in [2.45, 2.75) is 44.4 Å². The van der Waals surface area contributed by atoms with E-state index in [0.717, 1.165) is 34.5 Å². The molecule has 1 amide bonds. The number of aryl methyl sites for hydroxylation is 1. The molecule has 1 N–H and O–H groups in total. The molecule has 0 radical (unpaired) electrons. The lowest BCUT2D eigenvalue weighted by Gasteiger charge is -2.39. The molecular weight excluding hydrogens is 312 g/mol. The molecule has 2 heterocycles. The van der Waals surface area contributed by atoms with Crippen LogP contribution in [0.1, 0.15) is 34.6 Å². The third kappa shape index (κ3) is 3.11. The van der Waals surface area contributed by atoms with Crippen LogP contribution in [-0.4, -0.2) is 42.4 Å².